The van der Waals surface area contributed by atoms with Gasteiger partial charge in [-0.1, -0.05) is 18.2 Å². The van der Waals surface area contributed by atoms with Crippen molar-refractivity contribution in [2.75, 3.05) is 32.8 Å². The van der Waals surface area contributed by atoms with Crippen molar-refractivity contribution < 1.29 is 19.1 Å². The summed E-state index contributed by atoms with van der Waals surface area (Å²) in [7, 11) is 0. The summed E-state index contributed by atoms with van der Waals surface area (Å²) >= 11 is 0. The maximum absolute atomic E-state index is 12.8. The van der Waals surface area contributed by atoms with Gasteiger partial charge in [-0.3, -0.25) is 9.59 Å². The number of fused-ring (bicyclic) bond motifs is 1. The zero-order valence-electron chi connectivity index (χ0n) is 16.3. The fourth-order valence-corrected chi connectivity index (χ4v) is 5.01. The second kappa shape index (κ2) is 7.07. The standard InChI is InChI=1S/C22H28N2O4/c25-20-7-3-4-10-23(20)12-16-8-9-22(27-13-16)14-24(15-22)21(26)19-11-17-5-1-2-6-18(17)28-19/h1-2,5-6,16,19H,3-4,7-15H2/t16-,19-/m1/s1. The largest absolute Gasteiger partial charge is 0.480 e. The van der Waals surface area contributed by atoms with Crippen LogP contribution in [0, 0.1) is 5.92 Å². The number of likely N-dealkylation sites (tertiary alicyclic amines) is 2. The lowest BCUT2D eigenvalue weighted by Crippen LogP contribution is -2.68. The van der Waals surface area contributed by atoms with E-state index in [4.69, 9.17) is 9.47 Å². The molecule has 3 saturated heterocycles. The van der Waals surface area contributed by atoms with E-state index in [9.17, 15) is 9.59 Å². The van der Waals surface area contributed by atoms with Gasteiger partial charge in [0.2, 0.25) is 5.91 Å². The first-order chi connectivity index (χ1) is 13.6. The fraction of sp³-hybridized carbons (Fsp3) is 0.636. The maximum Gasteiger partial charge on any atom is 0.264 e. The third kappa shape index (κ3) is 3.28. The van der Waals surface area contributed by atoms with Crippen LogP contribution in [0.3, 0.4) is 0 Å². The van der Waals surface area contributed by atoms with Crippen LogP contribution < -0.4 is 4.74 Å². The van der Waals surface area contributed by atoms with Gasteiger partial charge in [0.15, 0.2) is 6.10 Å². The fourth-order valence-electron chi connectivity index (χ4n) is 5.01. The van der Waals surface area contributed by atoms with Crippen LogP contribution in [0.15, 0.2) is 24.3 Å². The molecule has 5 rings (SSSR count). The smallest absolute Gasteiger partial charge is 0.264 e. The van der Waals surface area contributed by atoms with Crippen LogP contribution in [0.1, 0.15) is 37.7 Å². The number of hydrogen-bond donors (Lipinski definition) is 0. The van der Waals surface area contributed by atoms with Crippen LogP contribution in [0.25, 0.3) is 0 Å². The molecule has 2 amide bonds. The minimum absolute atomic E-state index is 0.0754. The predicted octanol–water partition coefficient (Wildman–Crippen LogP) is 2.01. The van der Waals surface area contributed by atoms with E-state index in [2.05, 4.69) is 0 Å². The molecule has 0 aromatic heterocycles. The molecule has 1 aromatic carbocycles. The van der Waals surface area contributed by atoms with Crippen LogP contribution in [0.5, 0.6) is 5.75 Å². The molecular weight excluding hydrogens is 356 g/mol. The first-order valence-electron chi connectivity index (χ1n) is 10.6. The number of amides is 2. The lowest BCUT2D eigenvalue weighted by atomic mass is 9.82. The zero-order chi connectivity index (χ0) is 19.1. The summed E-state index contributed by atoms with van der Waals surface area (Å²) in [6.45, 7) is 3.74. The van der Waals surface area contributed by atoms with Crippen LogP contribution in [-0.4, -0.2) is 66.1 Å². The number of carbonyl (C=O) groups excluding carboxylic acids is 2. The quantitative estimate of drug-likeness (QED) is 0.800. The van der Waals surface area contributed by atoms with Crippen molar-refractivity contribution in [3.63, 3.8) is 0 Å². The van der Waals surface area contributed by atoms with Crippen molar-refractivity contribution in [3.8, 4) is 5.75 Å². The molecule has 2 atom stereocenters. The Labute approximate surface area is 165 Å². The molecule has 28 heavy (non-hydrogen) atoms. The van der Waals surface area contributed by atoms with Crippen molar-refractivity contribution in [1.29, 1.82) is 0 Å². The second-order valence-corrected chi connectivity index (χ2v) is 8.81. The maximum atomic E-state index is 12.8. The lowest BCUT2D eigenvalue weighted by Gasteiger charge is -2.53. The number of ether oxygens (including phenoxy) is 2. The molecule has 0 saturated carbocycles. The van der Waals surface area contributed by atoms with Gasteiger partial charge in [-0.2, -0.15) is 0 Å². The van der Waals surface area contributed by atoms with E-state index in [1.165, 1.54) is 0 Å². The van der Waals surface area contributed by atoms with Gasteiger partial charge in [-0.25, -0.2) is 0 Å². The van der Waals surface area contributed by atoms with Crippen molar-refractivity contribution in [3.05, 3.63) is 29.8 Å². The monoisotopic (exact) mass is 384 g/mol. The summed E-state index contributed by atoms with van der Waals surface area (Å²) in [5, 5.41) is 0. The normalized spacial score (nSPS) is 28.6. The van der Waals surface area contributed by atoms with E-state index >= 15 is 0 Å². The Bertz CT molecular complexity index is 739. The first kappa shape index (κ1) is 18.0. The molecule has 4 aliphatic rings. The van der Waals surface area contributed by atoms with Crippen LogP contribution in [0.4, 0.5) is 0 Å². The molecule has 0 aliphatic carbocycles. The van der Waals surface area contributed by atoms with Crippen LogP contribution >= 0.6 is 0 Å². The zero-order valence-corrected chi connectivity index (χ0v) is 16.3. The highest BCUT2D eigenvalue weighted by molar-refractivity contribution is 5.83. The summed E-state index contributed by atoms with van der Waals surface area (Å²) in [4.78, 5) is 28.7. The van der Waals surface area contributed by atoms with Crippen molar-refractivity contribution in [2.45, 2.75) is 50.2 Å². The van der Waals surface area contributed by atoms with Gasteiger partial charge >= 0.3 is 0 Å². The number of piperidine rings is 1. The molecule has 6 nitrogen and oxygen atoms in total. The first-order valence-corrected chi connectivity index (χ1v) is 10.6. The molecule has 150 valence electrons. The Balaban J connectivity index is 1.10. The molecule has 0 N–H and O–H groups in total. The summed E-state index contributed by atoms with van der Waals surface area (Å²) in [6.07, 6.45) is 5.14. The molecule has 4 heterocycles. The highest BCUT2D eigenvalue weighted by Crippen LogP contribution is 2.38. The Morgan fingerprint density at radius 3 is 2.82 bits per heavy atom. The van der Waals surface area contributed by atoms with Crippen LogP contribution in [-0.2, 0) is 20.7 Å². The molecule has 6 heteroatoms. The minimum Gasteiger partial charge on any atom is -0.480 e. The molecule has 0 radical (unpaired) electrons. The van der Waals surface area contributed by atoms with Gasteiger partial charge < -0.3 is 19.3 Å². The molecular formula is C22H28N2O4. The van der Waals surface area contributed by atoms with Crippen molar-refractivity contribution in [1.82, 2.24) is 9.80 Å². The van der Waals surface area contributed by atoms with Gasteiger partial charge in [0.1, 0.15) is 11.4 Å². The summed E-state index contributed by atoms with van der Waals surface area (Å²) in [5.74, 6) is 1.63. The van der Waals surface area contributed by atoms with Gasteiger partial charge in [0.05, 0.1) is 19.7 Å². The number of rotatable bonds is 3. The lowest BCUT2D eigenvalue weighted by molar-refractivity contribution is -0.193. The van der Waals surface area contributed by atoms with Gasteiger partial charge in [0, 0.05) is 31.8 Å². The highest BCUT2D eigenvalue weighted by atomic mass is 16.5. The average molecular weight is 384 g/mol. The Kier molecular flexibility index (Phi) is 4.54. The summed E-state index contributed by atoms with van der Waals surface area (Å²) in [5.41, 5.74) is 0.934. The molecule has 0 unspecified atom stereocenters. The SMILES string of the molecule is O=C1CCCCN1C[C@H]1CCC2(CN(C(=O)[C@H]3Cc4ccccc4O3)C2)OC1. The number of carbonyl (C=O) groups is 2. The Hall–Kier alpha value is -2.08. The summed E-state index contributed by atoms with van der Waals surface area (Å²) in [6, 6.07) is 7.88. The van der Waals surface area contributed by atoms with Crippen LogP contribution in [0.2, 0.25) is 0 Å². The topological polar surface area (TPSA) is 59.1 Å². The molecule has 3 fully saturated rings. The van der Waals surface area contributed by atoms with Gasteiger partial charge in [-0.15, -0.1) is 0 Å². The van der Waals surface area contributed by atoms with E-state index in [0.717, 1.165) is 50.1 Å². The molecule has 0 bridgehead atoms. The van der Waals surface area contributed by atoms with E-state index in [1.807, 2.05) is 34.1 Å². The van der Waals surface area contributed by atoms with Gasteiger partial charge in [0.25, 0.3) is 5.91 Å². The third-order valence-corrected chi connectivity index (χ3v) is 6.73. The number of nitrogens with zero attached hydrogens (tertiary/aromatic N) is 2. The van der Waals surface area contributed by atoms with Gasteiger partial charge in [-0.05, 0) is 37.3 Å². The average Bonchev–Trinajstić information content (AvgIpc) is 3.12. The van der Waals surface area contributed by atoms with E-state index in [1.54, 1.807) is 0 Å². The summed E-state index contributed by atoms with van der Waals surface area (Å²) < 4.78 is 12.1. The second-order valence-electron chi connectivity index (χ2n) is 8.81. The predicted molar refractivity (Wildman–Crippen MR) is 103 cm³/mol. The molecule has 1 aromatic rings. The number of benzene rings is 1. The van der Waals surface area contributed by atoms with Crippen molar-refractivity contribution >= 4 is 11.8 Å². The third-order valence-electron chi connectivity index (χ3n) is 6.73. The highest BCUT2D eigenvalue weighted by Gasteiger charge is 2.50. The van der Waals surface area contributed by atoms with E-state index in [-0.39, 0.29) is 11.5 Å². The number of para-hydroxylation sites is 1. The Morgan fingerprint density at radius 2 is 2.07 bits per heavy atom. The van der Waals surface area contributed by atoms with E-state index < -0.39 is 6.10 Å². The van der Waals surface area contributed by atoms with E-state index in [0.29, 0.717) is 44.4 Å². The minimum atomic E-state index is -0.392. The number of hydrogen-bond acceptors (Lipinski definition) is 4. The van der Waals surface area contributed by atoms with Crippen molar-refractivity contribution in [2.24, 2.45) is 5.92 Å². The molecule has 4 aliphatic heterocycles. The Morgan fingerprint density at radius 1 is 1.21 bits per heavy atom. The molecule has 1 spiro atoms.